The Bertz CT molecular complexity index is 617. The summed E-state index contributed by atoms with van der Waals surface area (Å²) in [5, 5.41) is 8.54. The van der Waals surface area contributed by atoms with E-state index in [2.05, 4.69) is 27.4 Å². The summed E-state index contributed by atoms with van der Waals surface area (Å²) < 4.78 is 2.10. The molecule has 0 saturated heterocycles. The van der Waals surface area contributed by atoms with Crippen LogP contribution in [0.5, 0.6) is 0 Å². The first-order chi connectivity index (χ1) is 8.72. The van der Waals surface area contributed by atoms with Crippen LogP contribution in [0.3, 0.4) is 0 Å². The van der Waals surface area contributed by atoms with Crippen LogP contribution in [0.25, 0.3) is 10.9 Å². The lowest BCUT2D eigenvalue weighted by Gasteiger charge is -1.98. The third-order valence-corrected chi connectivity index (χ3v) is 2.52. The number of allylic oxidation sites excluding steroid dienone is 1. The zero-order valence-electron chi connectivity index (χ0n) is 9.95. The van der Waals surface area contributed by atoms with Crippen molar-refractivity contribution in [2.45, 2.75) is 6.54 Å². The van der Waals surface area contributed by atoms with Gasteiger partial charge in [-0.3, -0.25) is 0 Å². The van der Waals surface area contributed by atoms with Crippen LogP contribution in [0, 0.1) is 0 Å². The van der Waals surface area contributed by atoms with E-state index in [1.165, 1.54) is 0 Å². The Kier molecular flexibility index (Phi) is 3.43. The molecule has 0 amide bonds. The average Bonchev–Trinajstić information content (AvgIpc) is 2.69. The fourth-order valence-electron chi connectivity index (χ4n) is 1.83. The van der Waals surface area contributed by atoms with Crippen molar-refractivity contribution in [1.29, 1.82) is 0 Å². The number of fused-ring (bicyclic) bond motifs is 1. The highest BCUT2D eigenvalue weighted by Gasteiger charge is 2.04. The van der Waals surface area contributed by atoms with Crippen molar-refractivity contribution in [3.05, 3.63) is 48.7 Å². The third-order valence-electron chi connectivity index (χ3n) is 2.52. The first kappa shape index (κ1) is 11.9. The predicted molar refractivity (Wildman–Crippen MR) is 75.5 cm³/mol. The second kappa shape index (κ2) is 5.18. The van der Waals surface area contributed by atoms with Gasteiger partial charge in [0.05, 0.1) is 6.21 Å². The van der Waals surface area contributed by atoms with Crippen LogP contribution in [-0.4, -0.2) is 16.7 Å². The number of hydrogen-bond donors (Lipinski definition) is 2. The van der Waals surface area contributed by atoms with Gasteiger partial charge in [0.15, 0.2) is 0 Å². The number of guanidine groups is 1. The summed E-state index contributed by atoms with van der Waals surface area (Å²) in [5.74, 6) is -0.0546. The lowest BCUT2D eigenvalue weighted by atomic mass is 10.2. The van der Waals surface area contributed by atoms with Gasteiger partial charge in [-0.15, -0.1) is 11.7 Å². The number of nitrogens with two attached hydrogens (primary N) is 2. The van der Waals surface area contributed by atoms with Crippen LogP contribution in [0.1, 0.15) is 5.56 Å². The highest BCUT2D eigenvalue weighted by Crippen LogP contribution is 2.19. The zero-order chi connectivity index (χ0) is 13.0. The van der Waals surface area contributed by atoms with E-state index in [9.17, 15) is 0 Å². The van der Waals surface area contributed by atoms with E-state index in [0.717, 1.165) is 23.0 Å². The van der Waals surface area contributed by atoms with Crippen molar-refractivity contribution in [1.82, 2.24) is 4.57 Å². The molecule has 0 spiro atoms. The highest BCUT2D eigenvalue weighted by molar-refractivity contribution is 5.99. The van der Waals surface area contributed by atoms with Crippen molar-refractivity contribution in [2.24, 2.45) is 21.7 Å². The van der Waals surface area contributed by atoms with Crippen molar-refractivity contribution >= 4 is 23.1 Å². The van der Waals surface area contributed by atoms with Crippen LogP contribution in [-0.2, 0) is 6.54 Å². The van der Waals surface area contributed by atoms with Crippen LogP contribution in [0.4, 0.5) is 0 Å². The molecule has 5 heteroatoms. The number of benzene rings is 1. The molecule has 0 atom stereocenters. The molecule has 0 aliphatic heterocycles. The van der Waals surface area contributed by atoms with E-state index in [1.807, 2.05) is 30.5 Å². The maximum atomic E-state index is 5.22. The maximum absolute atomic E-state index is 5.22. The summed E-state index contributed by atoms with van der Waals surface area (Å²) in [4.78, 5) is 0. The Morgan fingerprint density at radius 3 is 2.83 bits per heavy atom. The minimum Gasteiger partial charge on any atom is -0.369 e. The van der Waals surface area contributed by atoms with Crippen molar-refractivity contribution in [2.75, 3.05) is 0 Å². The second-order valence-corrected chi connectivity index (χ2v) is 3.81. The number of para-hydroxylation sites is 1. The average molecular weight is 241 g/mol. The standard InChI is InChI=1S/C13H15N5/c1-2-7-18-9-10(8-16-17-13(14)15)11-5-3-4-6-12(11)18/h2-6,8-9H,1,7H2,(H4,14,15,17)/b16-8-. The molecule has 0 aliphatic rings. The van der Waals surface area contributed by atoms with Gasteiger partial charge in [0.1, 0.15) is 0 Å². The molecule has 0 saturated carbocycles. The Labute approximate surface area is 105 Å². The van der Waals surface area contributed by atoms with Crippen molar-refractivity contribution in [3.63, 3.8) is 0 Å². The number of rotatable bonds is 4. The van der Waals surface area contributed by atoms with Gasteiger partial charge in [0.25, 0.3) is 0 Å². The molecule has 0 fully saturated rings. The Hall–Kier alpha value is -2.56. The number of nitrogens with zero attached hydrogens (tertiary/aromatic N) is 3. The van der Waals surface area contributed by atoms with Gasteiger partial charge in [-0.1, -0.05) is 24.3 Å². The summed E-state index contributed by atoms with van der Waals surface area (Å²) in [6.07, 6.45) is 5.49. The molecular weight excluding hydrogens is 226 g/mol. The Morgan fingerprint density at radius 1 is 1.33 bits per heavy atom. The molecule has 4 N–H and O–H groups in total. The molecule has 0 radical (unpaired) electrons. The normalized spacial score (nSPS) is 10.9. The van der Waals surface area contributed by atoms with Crippen LogP contribution in [0.2, 0.25) is 0 Å². The molecule has 2 rings (SSSR count). The Morgan fingerprint density at radius 2 is 2.11 bits per heavy atom. The summed E-state index contributed by atoms with van der Waals surface area (Å²) in [5.41, 5.74) is 12.5. The van der Waals surface area contributed by atoms with Crippen LogP contribution >= 0.6 is 0 Å². The molecule has 0 unspecified atom stereocenters. The van der Waals surface area contributed by atoms with E-state index in [-0.39, 0.29) is 5.96 Å². The second-order valence-electron chi connectivity index (χ2n) is 3.81. The zero-order valence-corrected chi connectivity index (χ0v) is 9.95. The molecule has 0 bridgehead atoms. The molecule has 1 heterocycles. The summed E-state index contributed by atoms with van der Waals surface area (Å²) in [7, 11) is 0. The molecule has 1 aromatic carbocycles. The monoisotopic (exact) mass is 241 g/mol. The van der Waals surface area contributed by atoms with Crippen molar-refractivity contribution in [3.8, 4) is 0 Å². The summed E-state index contributed by atoms with van der Waals surface area (Å²) >= 11 is 0. The SMILES string of the molecule is C=CCn1cc(/C=N\N=C(N)N)c2ccccc21. The van der Waals surface area contributed by atoms with Gasteiger partial charge >= 0.3 is 0 Å². The fraction of sp³-hybridized carbons (Fsp3) is 0.0769. The largest absolute Gasteiger partial charge is 0.369 e. The lowest BCUT2D eigenvalue weighted by Crippen LogP contribution is -2.21. The molecule has 92 valence electrons. The van der Waals surface area contributed by atoms with Crippen molar-refractivity contribution < 1.29 is 0 Å². The van der Waals surface area contributed by atoms with Gasteiger partial charge in [-0.2, -0.15) is 5.10 Å². The van der Waals surface area contributed by atoms with E-state index < -0.39 is 0 Å². The molecule has 5 nitrogen and oxygen atoms in total. The quantitative estimate of drug-likeness (QED) is 0.367. The van der Waals surface area contributed by atoms with E-state index in [1.54, 1.807) is 6.21 Å². The lowest BCUT2D eigenvalue weighted by molar-refractivity contribution is 0.865. The molecule has 0 aliphatic carbocycles. The molecule has 2 aromatic rings. The predicted octanol–water partition coefficient (Wildman–Crippen LogP) is 1.43. The molecular formula is C13H15N5. The summed E-state index contributed by atoms with van der Waals surface area (Å²) in [6.45, 7) is 4.49. The van der Waals surface area contributed by atoms with Gasteiger partial charge in [-0.25, -0.2) is 0 Å². The fourth-order valence-corrected chi connectivity index (χ4v) is 1.83. The van der Waals surface area contributed by atoms with Crippen LogP contribution < -0.4 is 11.5 Å². The first-order valence-corrected chi connectivity index (χ1v) is 5.53. The smallest absolute Gasteiger partial charge is 0.211 e. The molecule has 18 heavy (non-hydrogen) atoms. The van der Waals surface area contributed by atoms with E-state index >= 15 is 0 Å². The maximum Gasteiger partial charge on any atom is 0.211 e. The number of hydrogen-bond acceptors (Lipinski definition) is 2. The Balaban J connectivity index is 2.47. The minimum absolute atomic E-state index is 0.0546. The highest BCUT2D eigenvalue weighted by atomic mass is 15.3. The van der Waals surface area contributed by atoms with E-state index in [4.69, 9.17) is 11.5 Å². The topological polar surface area (TPSA) is 81.7 Å². The van der Waals surface area contributed by atoms with Gasteiger partial charge in [0.2, 0.25) is 5.96 Å². The van der Waals surface area contributed by atoms with Gasteiger partial charge in [-0.05, 0) is 6.07 Å². The minimum atomic E-state index is -0.0546. The summed E-state index contributed by atoms with van der Waals surface area (Å²) in [6, 6.07) is 8.07. The molecule has 1 aromatic heterocycles. The number of aromatic nitrogens is 1. The first-order valence-electron chi connectivity index (χ1n) is 5.53. The van der Waals surface area contributed by atoms with E-state index in [0.29, 0.717) is 0 Å². The van der Waals surface area contributed by atoms with Crippen LogP contribution in [0.15, 0.2) is 53.3 Å². The van der Waals surface area contributed by atoms with Gasteiger partial charge < -0.3 is 16.0 Å². The van der Waals surface area contributed by atoms with Gasteiger partial charge in [0, 0.05) is 29.2 Å². The third kappa shape index (κ3) is 2.40.